The molecule has 3 aliphatic rings. The summed E-state index contributed by atoms with van der Waals surface area (Å²) in [6.45, 7) is 7.21. The van der Waals surface area contributed by atoms with Crippen molar-refractivity contribution in [2.45, 2.75) is 51.7 Å². The minimum Gasteiger partial charge on any atom is -0.480 e. The van der Waals surface area contributed by atoms with E-state index in [-0.39, 0.29) is 28.2 Å². The lowest BCUT2D eigenvalue weighted by atomic mass is 9.91. The first-order chi connectivity index (χ1) is 18.1. The number of nitrogens with zero attached hydrogens (tertiary/aromatic N) is 5. The third-order valence-corrected chi connectivity index (χ3v) is 6.34. The smallest absolute Gasteiger partial charge is 0.172 e. The van der Waals surface area contributed by atoms with Crippen LogP contribution in [0.5, 0.6) is 0 Å². The van der Waals surface area contributed by atoms with E-state index in [0.29, 0.717) is 16.7 Å². The molecule has 0 aromatic rings. The summed E-state index contributed by atoms with van der Waals surface area (Å²) >= 11 is 0. The van der Waals surface area contributed by atoms with Gasteiger partial charge >= 0.3 is 0 Å². The summed E-state index contributed by atoms with van der Waals surface area (Å²) in [5, 5.41) is 54.4. The fourth-order valence-electron chi connectivity index (χ4n) is 4.37. The van der Waals surface area contributed by atoms with Gasteiger partial charge in [0.15, 0.2) is 22.7 Å². The molecule has 0 bridgehead atoms. The summed E-state index contributed by atoms with van der Waals surface area (Å²) in [4.78, 5) is 0. The van der Waals surface area contributed by atoms with Crippen LogP contribution < -0.4 is 0 Å². The second-order valence-electron chi connectivity index (χ2n) is 9.60. The highest BCUT2D eigenvalue weighted by Gasteiger charge is 2.39. The van der Waals surface area contributed by atoms with Crippen molar-refractivity contribution in [3.63, 3.8) is 0 Å². The van der Waals surface area contributed by atoms with Crippen LogP contribution in [0.3, 0.4) is 0 Å². The Morgan fingerprint density at radius 3 is 1.63 bits per heavy atom. The van der Waals surface area contributed by atoms with Gasteiger partial charge in [-0.3, -0.25) is 0 Å². The first-order valence-corrected chi connectivity index (χ1v) is 11.7. The molecule has 2 heterocycles. The molecule has 2 aliphatic heterocycles. The fourth-order valence-corrected chi connectivity index (χ4v) is 4.37. The van der Waals surface area contributed by atoms with Gasteiger partial charge in [0.1, 0.15) is 47.1 Å². The van der Waals surface area contributed by atoms with Crippen molar-refractivity contribution in [1.29, 1.82) is 31.7 Å². The zero-order valence-electron chi connectivity index (χ0n) is 21.5. The van der Waals surface area contributed by atoms with E-state index in [0.717, 1.165) is 30.2 Å². The summed E-state index contributed by atoms with van der Waals surface area (Å²) in [5.41, 5.74) is 1.91. The molecule has 1 N–H and O–H groups in total. The number of hydrogen-bond donors (Lipinski definition) is 1. The zero-order valence-corrected chi connectivity index (χ0v) is 21.5. The van der Waals surface area contributed by atoms with Gasteiger partial charge in [0.25, 0.3) is 0 Å². The predicted molar refractivity (Wildman–Crippen MR) is 139 cm³/mol. The highest BCUT2D eigenvalue weighted by molar-refractivity contribution is 5.87. The lowest BCUT2D eigenvalue weighted by Crippen LogP contribution is -2.21. The van der Waals surface area contributed by atoms with E-state index < -0.39 is 11.2 Å². The predicted octanol–water partition coefficient (Wildman–Crippen LogP) is 5.73. The second kappa shape index (κ2) is 10.7. The third kappa shape index (κ3) is 5.10. The Balaban J connectivity index is 1.90. The Morgan fingerprint density at radius 1 is 0.737 bits per heavy atom. The number of rotatable bonds is 5. The van der Waals surface area contributed by atoms with Crippen LogP contribution in [0.2, 0.25) is 0 Å². The third-order valence-electron chi connectivity index (χ3n) is 6.34. The van der Waals surface area contributed by atoms with Gasteiger partial charge in [-0.05, 0) is 51.7 Å². The first kappa shape index (κ1) is 27.2. The van der Waals surface area contributed by atoms with Crippen molar-refractivity contribution in [3.8, 4) is 30.3 Å². The molecule has 0 aromatic carbocycles. The molecule has 0 fully saturated rings. The Labute approximate surface area is 222 Å². The van der Waals surface area contributed by atoms with Crippen LogP contribution >= 0.6 is 0 Å². The maximum atomic E-state index is 9.68. The molecule has 8 nitrogen and oxygen atoms in total. The van der Waals surface area contributed by atoms with Gasteiger partial charge in [0, 0.05) is 22.9 Å². The Kier molecular flexibility index (Phi) is 7.68. The van der Waals surface area contributed by atoms with Crippen LogP contribution in [-0.4, -0.2) is 17.4 Å². The standard InChI is InChI=1S/C30H24N6O2/c1-29(2)25(23(17-35)27(37-29)21(13-31)14-32)11-9-19-5-7-20(8-6-19)10-12-26-24(18-36)28(22(15-33)16-34)38-30(26,3)4/h5,7,9-12,17,35H,6,8H2,1-4H3/b11-9+,12-10+,35-17?. The number of allylic oxidation sites excluding steroid dienone is 10. The van der Waals surface area contributed by atoms with E-state index in [2.05, 4.69) is 6.07 Å². The Morgan fingerprint density at radius 2 is 1.18 bits per heavy atom. The minimum atomic E-state index is -0.866. The topological polar surface area (TPSA) is 161 Å². The molecule has 3 rings (SSSR count). The highest BCUT2D eigenvalue weighted by Crippen LogP contribution is 2.41. The Bertz CT molecular complexity index is 1530. The number of ether oxygens (including phenoxy) is 2. The highest BCUT2D eigenvalue weighted by atomic mass is 16.5. The molecule has 0 unspecified atom stereocenters. The average molecular weight is 501 g/mol. The van der Waals surface area contributed by atoms with E-state index in [1.165, 1.54) is 0 Å². The van der Waals surface area contributed by atoms with Crippen molar-refractivity contribution in [2.24, 2.45) is 0 Å². The van der Waals surface area contributed by atoms with Gasteiger partial charge in [-0.15, -0.1) is 0 Å². The van der Waals surface area contributed by atoms with Gasteiger partial charge in [-0.1, -0.05) is 36.5 Å². The lowest BCUT2D eigenvalue weighted by Gasteiger charge is -2.21. The quantitative estimate of drug-likeness (QED) is 0.372. The Hall–Kier alpha value is -5.36. The maximum Gasteiger partial charge on any atom is 0.172 e. The molecule has 38 heavy (non-hydrogen) atoms. The maximum absolute atomic E-state index is 9.68. The molecule has 186 valence electrons. The molecule has 0 spiro atoms. The van der Waals surface area contributed by atoms with Crippen molar-refractivity contribution in [3.05, 3.63) is 92.6 Å². The second-order valence-corrected chi connectivity index (χ2v) is 9.60. The average Bonchev–Trinajstić information content (AvgIpc) is 3.30. The summed E-state index contributed by atoms with van der Waals surface area (Å²) < 4.78 is 11.7. The van der Waals surface area contributed by atoms with Gasteiger partial charge in [0.05, 0.1) is 0 Å². The number of hydrogen-bond acceptors (Lipinski definition) is 8. The van der Waals surface area contributed by atoms with Crippen LogP contribution in [0.1, 0.15) is 40.5 Å². The van der Waals surface area contributed by atoms with Crippen LogP contribution in [0.15, 0.2) is 92.6 Å². The number of nitriles is 5. The molecular weight excluding hydrogens is 476 g/mol. The van der Waals surface area contributed by atoms with Crippen LogP contribution in [0, 0.1) is 62.1 Å². The lowest BCUT2D eigenvalue weighted by molar-refractivity contribution is 0.0950. The van der Waals surface area contributed by atoms with Gasteiger partial charge in [0.2, 0.25) is 0 Å². The molecule has 0 saturated carbocycles. The van der Waals surface area contributed by atoms with Gasteiger partial charge in [-0.25, -0.2) is 0 Å². The molecule has 0 radical (unpaired) electrons. The molecule has 0 aromatic heterocycles. The van der Waals surface area contributed by atoms with Gasteiger partial charge < -0.3 is 14.9 Å². The first-order valence-electron chi connectivity index (χ1n) is 11.7. The fraction of sp³-hybridized carbons (Fsp3) is 0.267. The molecule has 0 saturated heterocycles. The van der Waals surface area contributed by atoms with Crippen LogP contribution in [-0.2, 0) is 9.47 Å². The monoisotopic (exact) mass is 500 g/mol. The summed E-state index contributed by atoms with van der Waals surface area (Å²) in [7, 11) is 0. The zero-order chi connectivity index (χ0) is 28.1. The van der Waals surface area contributed by atoms with Crippen molar-refractivity contribution in [1.82, 2.24) is 0 Å². The molecule has 0 amide bonds. The van der Waals surface area contributed by atoms with E-state index in [1.54, 1.807) is 32.1 Å². The van der Waals surface area contributed by atoms with E-state index in [9.17, 15) is 26.3 Å². The van der Waals surface area contributed by atoms with Crippen molar-refractivity contribution in [2.75, 3.05) is 0 Å². The van der Waals surface area contributed by atoms with E-state index >= 15 is 0 Å². The summed E-state index contributed by atoms with van der Waals surface area (Å²) in [6.07, 6.45) is 14.0. The van der Waals surface area contributed by atoms with Gasteiger partial charge in [-0.2, -0.15) is 26.3 Å². The van der Waals surface area contributed by atoms with Crippen LogP contribution in [0.25, 0.3) is 0 Å². The normalized spacial score (nSPS) is 19.4. The summed E-state index contributed by atoms with van der Waals surface area (Å²) in [6, 6.07) is 9.31. The SMILES string of the molecule is CC1(C)OC(=C(C#N)C#N)C(C#N)=C1/C=C/C1=CC=C(/C=C/C2=C(C=N)C(=C(C#N)C#N)OC2(C)C)CC1. The number of nitrogens with one attached hydrogen (secondary N) is 1. The largest absolute Gasteiger partial charge is 0.480 e. The van der Waals surface area contributed by atoms with Crippen molar-refractivity contribution < 1.29 is 9.47 Å². The summed E-state index contributed by atoms with van der Waals surface area (Å²) in [5.74, 6) is 0.137. The van der Waals surface area contributed by atoms with Crippen LogP contribution in [0.4, 0.5) is 0 Å². The van der Waals surface area contributed by atoms with Crippen molar-refractivity contribution >= 4 is 6.21 Å². The molecule has 1 aliphatic carbocycles. The van der Waals surface area contributed by atoms with E-state index in [1.807, 2.05) is 56.4 Å². The molecular formula is C30H24N6O2. The molecule has 0 atom stereocenters. The van der Waals surface area contributed by atoms with E-state index in [4.69, 9.17) is 14.9 Å². The minimum absolute atomic E-state index is 0.0131. The molecule has 8 heteroatoms.